The van der Waals surface area contributed by atoms with Gasteiger partial charge in [0.25, 0.3) is 0 Å². The van der Waals surface area contributed by atoms with Crippen LogP contribution in [0.25, 0.3) is 22.2 Å². The zero-order valence-corrected chi connectivity index (χ0v) is 19.8. The van der Waals surface area contributed by atoms with Crippen LogP contribution >= 0.6 is 0 Å². The van der Waals surface area contributed by atoms with Crippen LogP contribution in [0.4, 0.5) is 16.2 Å². The second kappa shape index (κ2) is 7.69. The third-order valence-electron chi connectivity index (χ3n) is 7.13. The Balaban J connectivity index is 1.51. The summed E-state index contributed by atoms with van der Waals surface area (Å²) in [6, 6.07) is 10.8. The highest BCUT2D eigenvalue weighted by molar-refractivity contribution is 6.03. The minimum absolute atomic E-state index is 0.137. The lowest BCUT2D eigenvalue weighted by Crippen LogP contribution is -2.53. The summed E-state index contributed by atoms with van der Waals surface area (Å²) in [4.78, 5) is 33.1. The molecule has 1 fully saturated rings. The van der Waals surface area contributed by atoms with Gasteiger partial charge in [0.2, 0.25) is 5.91 Å². The quantitative estimate of drug-likeness (QED) is 0.466. The number of nitrogens with zero attached hydrogens (tertiary/aromatic N) is 6. The fourth-order valence-corrected chi connectivity index (χ4v) is 5.29. The molecule has 0 spiro atoms. The number of fused-ring (bicyclic) bond motifs is 2. The van der Waals surface area contributed by atoms with E-state index in [0.29, 0.717) is 17.4 Å². The van der Waals surface area contributed by atoms with Gasteiger partial charge in [-0.3, -0.25) is 14.4 Å². The molecule has 4 aromatic rings. The van der Waals surface area contributed by atoms with Crippen molar-refractivity contribution < 1.29 is 14.7 Å². The van der Waals surface area contributed by atoms with Gasteiger partial charge < -0.3 is 14.6 Å². The van der Waals surface area contributed by atoms with Gasteiger partial charge in [-0.2, -0.15) is 5.10 Å². The maximum Gasteiger partial charge on any atom is 0.412 e. The number of aryl methyl sites for hydroxylation is 1. The molecule has 6 rings (SSSR count). The SMILES string of the molecule is CC(=O)N1c2ccc(-c3cnn(C4CC4)c3)cc2N(C(=O)O)C(c2ccc3c(c2)ncn3C)[C@@H]1C. The Kier molecular flexibility index (Phi) is 4.70. The standard InChI is InChI=1S/C26H26N6O3/c1-15-25(18-5-8-22-21(10-18)27-14-29(22)3)32(26(34)35)24-11-17(4-9-23(24)31(15)16(2)33)19-12-28-30(13-19)20-6-7-20/h4-5,8-15,20,25H,6-7H2,1-3H3,(H,34,35)/t15-,25?/m0/s1. The van der Waals surface area contributed by atoms with Crippen LogP contribution in [0.1, 0.15) is 44.3 Å². The Morgan fingerprint density at radius 1 is 1.03 bits per heavy atom. The summed E-state index contributed by atoms with van der Waals surface area (Å²) in [7, 11) is 1.92. The molecule has 2 atom stereocenters. The highest BCUT2D eigenvalue weighted by Gasteiger charge is 2.42. The van der Waals surface area contributed by atoms with Crippen LogP contribution in [0, 0.1) is 0 Å². The van der Waals surface area contributed by atoms with Crippen LogP contribution < -0.4 is 9.80 Å². The fourth-order valence-electron chi connectivity index (χ4n) is 5.29. The van der Waals surface area contributed by atoms with Crippen LogP contribution in [0.5, 0.6) is 0 Å². The number of hydrogen-bond donors (Lipinski definition) is 1. The van der Waals surface area contributed by atoms with E-state index >= 15 is 0 Å². The maximum absolute atomic E-state index is 12.8. The summed E-state index contributed by atoms with van der Waals surface area (Å²) in [6.07, 6.45) is 6.74. The highest BCUT2D eigenvalue weighted by atomic mass is 16.4. The predicted octanol–water partition coefficient (Wildman–Crippen LogP) is 4.75. The average Bonchev–Trinajstić information content (AvgIpc) is 3.45. The van der Waals surface area contributed by atoms with Gasteiger partial charge in [-0.15, -0.1) is 0 Å². The molecule has 0 radical (unpaired) electrons. The molecule has 0 bridgehead atoms. The van der Waals surface area contributed by atoms with Gasteiger partial charge in [0.1, 0.15) is 0 Å². The van der Waals surface area contributed by atoms with Gasteiger partial charge in [0.05, 0.1) is 53.1 Å². The van der Waals surface area contributed by atoms with E-state index in [1.165, 1.54) is 11.8 Å². The van der Waals surface area contributed by atoms with Gasteiger partial charge in [0, 0.05) is 25.7 Å². The minimum Gasteiger partial charge on any atom is -0.465 e. The van der Waals surface area contributed by atoms with Crippen LogP contribution in [-0.2, 0) is 11.8 Å². The highest BCUT2D eigenvalue weighted by Crippen LogP contribution is 2.46. The Morgan fingerprint density at radius 3 is 2.54 bits per heavy atom. The van der Waals surface area contributed by atoms with Crippen LogP contribution in [0.2, 0.25) is 0 Å². The summed E-state index contributed by atoms with van der Waals surface area (Å²) in [5.74, 6) is -0.137. The monoisotopic (exact) mass is 470 g/mol. The number of aromatic nitrogens is 4. The van der Waals surface area contributed by atoms with Crippen LogP contribution in [-0.4, -0.2) is 42.5 Å². The molecule has 2 aliphatic rings. The number of benzene rings is 2. The van der Waals surface area contributed by atoms with Gasteiger partial charge in [-0.05, 0) is 55.2 Å². The number of carbonyl (C=O) groups excluding carboxylic acids is 1. The average molecular weight is 471 g/mol. The molecule has 1 saturated carbocycles. The fraction of sp³-hybridized carbons (Fsp3) is 0.308. The molecule has 3 heterocycles. The molecule has 9 heteroatoms. The molecule has 1 unspecified atom stereocenters. The summed E-state index contributed by atoms with van der Waals surface area (Å²) >= 11 is 0. The molecule has 1 N–H and O–H groups in total. The van der Waals surface area contributed by atoms with E-state index in [1.807, 2.05) is 72.0 Å². The van der Waals surface area contributed by atoms with Gasteiger partial charge >= 0.3 is 6.09 Å². The molecule has 35 heavy (non-hydrogen) atoms. The van der Waals surface area contributed by atoms with Crippen molar-refractivity contribution in [3.8, 4) is 11.1 Å². The number of rotatable bonds is 3. The smallest absolute Gasteiger partial charge is 0.412 e. The lowest BCUT2D eigenvalue weighted by molar-refractivity contribution is -0.117. The first-order valence-corrected chi connectivity index (χ1v) is 11.7. The normalized spacial score (nSPS) is 19.7. The molecule has 1 aliphatic heterocycles. The first-order valence-electron chi connectivity index (χ1n) is 11.7. The first-order chi connectivity index (χ1) is 16.8. The van der Waals surface area contributed by atoms with Crippen molar-refractivity contribution in [2.45, 2.75) is 44.8 Å². The van der Waals surface area contributed by atoms with E-state index in [2.05, 4.69) is 10.1 Å². The van der Waals surface area contributed by atoms with Gasteiger partial charge in [-0.1, -0.05) is 12.1 Å². The molecular weight excluding hydrogens is 444 g/mol. The van der Waals surface area contributed by atoms with Crippen molar-refractivity contribution in [3.05, 3.63) is 60.7 Å². The predicted molar refractivity (Wildman–Crippen MR) is 133 cm³/mol. The molecule has 0 saturated heterocycles. The van der Waals surface area contributed by atoms with E-state index in [9.17, 15) is 14.7 Å². The molecule has 9 nitrogen and oxygen atoms in total. The number of carbonyl (C=O) groups is 2. The van der Waals surface area contributed by atoms with Crippen molar-refractivity contribution in [2.75, 3.05) is 9.80 Å². The zero-order chi connectivity index (χ0) is 24.4. The van der Waals surface area contributed by atoms with Crippen LogP contribution in [0.3, 0.4) is 0 Å². The largest absolute Gasteiger partial charge is 0.465 e. The second-order valence-corrected chi connectivity index (χ2v) is 9.47. The summed E-state index contributed by atoms with van der Waals surface area (Å²) < 4.78 is 3.89. The van der Waals surface area contributed by atoms with E-state index in [1.54, 1.807) is 11.2 Å². The Hall–Kier alpha value is -4.14. The number of amides is 2. The number of imidazole rings is 1. The molecule has 178 valence electrons. The number of hydrogen-bond acceptors (Lipinski definition) is 4. The third kappa shape index (κ3) is 3.38. The summed E-state index contributed by atoms with van der Waals surface area (Å²) in [5, 5.41) is 14.9. The second-order valence-electron chi connectivity index (χ2n) is 9.47. The van der Waals surface area contributed by atoms with E-state index in [-0.39, 0.29) is 5.91 Å². The van der Waals surface area contributed by atoms with E-state index in [4.69, 9.17) is 0 Å². The molecule has 2 amide bonds. The Labute approximate surface area is 202 Å². The van der Waals surface area contributed by atoms with Gasteiger partial charge in [-0.25, -0.2) is 9.78 Å². The molecule has 1 aliphatic carbocycles. The van der Waals surface area contributed by atoms with Crippen molar-refractivity contribution >= 4 is 34.4 Å². The molecule has 2 aromatic heterocycles. The Bertz CT molecular complexity index is 1480. The number of anilines is 2. The minimum atomic E-state index is -1.07. The first kappa shape index (κ1) is 21.4. The molecule has 2 aromatic carbocycles. The van der Waals surface area contributed by atoms with Crippen molar-refractivity contribution in [1.29, 1.82) is 0 Å². The van der Waals surface area contributed by atoms with E-state index in [0.717, 1.165) is 40.6 Å². The molecular formula is C26H26N6O3. The van der Waals surface area contributed by atoms with Crippen molar-refractivity contribution in [2.24, 2.45) is 7.05 Å². The van der Waals surface area contributed by atoms with Crippen molar-refractivity contribution in [1.82, 2.24) is 19.3 Å². The zero-order valence-electron chi connectivity index (χ0n) is 19.8. The summed E-state index contributed by atoms with van der Waals surface area (Å²) in [5.41, 5.74) is 5.37. The van der Waals surface area contributed by atoms with Crippen LogP contribution in [0.15, 0.2) is 55.1 Å². The Morgan fingerprint density at radius 2 is 1.83 bits per heavy atom. The summed E-state index contributed by atoms with van der Waals surface area (Å²) in [6.45, 7) is 3.41. The maximum atomic E-state index is 12.8. The third-order valence-corrected chi connectivity index (χ3v) is 7.13. The topological polar surface area (TPSA) is 96.5 Å². The lowest BCUT2D eigenvalue weighted by Gasteiger charge is -2.46. The van der Waals surface area contributed by atoms with Gasteiger partial charge in [0.15, 0.2) is 0 Å². The lowest BCUT2D eigenvalue weighted by atomic mass is 9.91. The van der Waals surface area contributed by atoms with E-state index < -0.39 is 18.2 Å². The van der Waals surface area contributed by atoms with Crippen molar-refractivity contribution in [3.63, 3.8) is 0 Å². The number of carboxylic acid groups (broad SMARTS) is 1.